The Morgan fingerprint density at radius 2 is 1.03 bits per heavy atom. The number of hydrogen-bond acceptors (Lipinski definition) is 7. The molecular weight excluding hydrogens is 410 g/mol. The third-order valence-electron chi connectivity index (χ3n) is 5.08. The maximum Gasteiger partial charge on any atom is 0.224 e. The van der Waals surface area contributed by atoms with Crippen molar-refractivity contribution >= 4 is 30.0 Å². The molecule has 0 bridgehead atoms. The molecule has 0 atom stereocenters. The van der Waals surface area contributed by atoms with Crippen molar-refractivity contribution in [2.45, 2.75) is 52.4 Å². The monoisotopic (exact) mass is 443 g/mol. The van der Waals surface area contributed by atoms with Crippen LogP contribution in [-0.4, -0.2) is 22.4 Å². The second-order valence-corrected chi connectivity index (χ2v) is 9.98. The highest BCUT2D eigenvalue weighted by molar-refractivity contribution is 5.81. The van der Waals surface area contributed by atoms with Gasteiger partial charge < -0.3 is 5.73 Å². The highest BCUT2D eigenvalue weighted by atomic mass is 15.3. The minimum absolute atomic E-state index is 0.119. The van der Waals surface area contributed by atoms with Gasteiger partial charge in [-0.05, 0) is 33.1 Å². The zero-order valence-electron chi connectivity index (χ0n) is 20.2. The van der Waals surface area contributed by atoms with Crippen molar-refractivity contribution in [2.75, 3.05) is 16.6 Å². The Balaban J connectivity index is 1.61. The summed E-state index contributed by atoms with van der Waals surface area (Å²) in [5.41, 5.74) is 16.4. The fourth-order valence-corrected chi connectivity index (χ4v) is 3.06. The quantitative estimate of drug-likeness (QED) is 0.343. The largest absolute Gasteiger partial charge is 0.368 e. The minimum Gasteiger partial charge on any atom is -0.368 e. The summed E-state index contributed by atoms with van der Waals surface area (Å²) in [4.78, 5) is 8.32. The standard InChI is InChI=1S/C26H33N7/c1-25(2,3)20-11-7-18(8-12-20)16-28-32-22-15-23(31-24(27)30-22)33-29-17-19-9-13-21(14-10-19)26(4,5)6/h7-17H,1-6H3,(H4,27,30,31,32,33)/b28-16+,29-17+. The Bertz CT molecular complexity index is 1030. The zero-order valence-corrected chi connectivity index (χ0v) is 20.2. The number of nitrogens with zero attached hydrogens (tertiary/aromatic N) is 4. The molecule has 3 rings (SSSR count). The van der Waals surface area contributed by atoms with Gasteiger partial charge in [-0.25, -0.2) is 0 Å². The van der Waals surface area contributed by atoms with Gasteiger partial charge in [0.2, 0.25) is 5.95 Å². The van der Waals surface area contributed by atoms with E-state index in [-0.39, 0.29) is 16.8 Å². The van der Waals surface area contributed by atoms with Crippen LogP contribution < -0.4 is 16.6 Å². The highest BCUT2D eigenvalue weighted by Gasteiger charge is 2.13. The summed E-state index contributed by atoms with van der Waals surface area (Å²) in [7, 11) is 0. The molecule has 0 aliphatic heterocycles. The molecule has 172 valence electrons. The van der Waals surface area contributed by atoms with Crippen LogP contribution in [0.2, 0.25) is 0 Å². The minimum atomic E-state index is 0.119. The number of nitrogens with one attached hydrogen (secondary N) is 2. The average Bonchev–Trinajstić information content (AvgIpc) is 2.73. The Labute approximate surface area is 196 Å². The summed E-state index contributed by atoms with van der Waals surface area (Å²) in [5.74, 6) is 1.06. The smallest absolute Gasteiger partial charge is 0.224 e. The maximum atomic E-state index is 5.83. The van der Waals surface area contributed by atoms with E-state index in [4.69, 9.17) is 5.73 Å². The molecule has 4 N–H and O–H groups in total. The van der Waals surface area contributed by atoms with Gasteiger partial charge in [0.05, 0.1) is 12.4 Å². The molecule has 1 heterocycles. The van der Waals surface area contributed by atoms with Crippen LogP contribution in [0.1, 0.15) is 63.8 Å². The van der Waals surface area contributed by atoms with E-state index in [1.807, 2.05) is 24.3 Å². The molecule has 0 radical (unpaired) electrons. The Morgan fingerprint density at radius 1 is 0.667 bits per heavy atom. The fourth-order valence-electron chi connectivity index (χ4n) is 3.06. The SMILES string of the molecule is CC(C)(C)c1ccc(/C=N/Nc2cc(N/N=C/c3ccc(C(C)(C)C)cc3)nc(N)n2)cc1. The summed E-state index contributed by atoms with van der Waals surface area (Å²) in [6.45, 7) is 13.1. The van der Waals surface area contributed by atoms with Gasteiger partial charge in [0, 0.05) is 6.07 Å². The van der Waals surface area contributed by atoms with Gasteiger partial charge in [-0.15, -0.1) is 0 Å². The molecule has 0 aliphatic rings. The van der Waals surface area contributed by atoms with Gasteiger partial charge in [0.1, 0.15) is 0 Å². The van der Waals surface area contributed by atoms with Gasteiger partial charge in [-0.1, -0.05) is 90.1 Å². The molecule has 1 aromatic heterocycles. The summed E-state index contributed by atoms with van der Waals surface area (Å²) < 4.78 is 0. The average molecular weight is 444 g/mol. The van der Waals surface area contributed by atoms with Crippen LogP contribution in [0.25, 0.3) is 0 Å². The van der Waals surface area contributed by atoms with Crippen molar-refractivity contribution in [1.82, 2.24) is 9.97 Å². The topological polar surface area (TPSA) is 101 Å². The molecule has 7 nitrogen and oxygen atoms in total. The van der Waals surface area contributed by atoms with Crippen LogP contribution in [0.3, 0.4) is 0 Å². The third-order valence-corrected chi connectivity index (χ3v) is 5.08. The van der Waals surface area contributed by atoms with Crippen molar-refractivity contribution < 1.29 is 0 Å². The van der Waals surface area contributed by atoms with Crippen LogP contribution >= 0.6 is 0 Å². The lowest BCUT2D eigenvalue weighted by Gasteiger charge is -2.18. The zero-order chi connectivity index (χ0) is 24.1. The first-order valence-electron chi connectivity index (χ1n) is 10.9. The lowest BCUT2D eigenvalue weighted by Crippen LogP contribution is -2.10. The summed E-state index contributed by atoms with van der Waals surface area (Å²) in [6.07, 6.45) is 3.47. The number of hydrogen-bond donors (Lipinski definition) is 3. The predicted molar refractivity (Wildman–Crippen MR) is 139 cm³/mol. The third kappa shape index (κ3) is 7.14. The molecule has 0 aliphatic carbocycles. The lowest BCUT2D eigenvalue weighted by molar-refractivity contribution is 0.590. The Hall–Kier alpha value is -3.74. The molecular formula is C26H33N7. The van der Waals surface area contributed by atoms with Crippen LogP contribution in [0.5, 0.6) is 0 Å². The molecule has 3 aromatic rings. The van der Waals surface area contributed by atoms with Gasteiger partial charge in [-0.3, -0.25) is 10.9 Å². The molecule has 0 unspecified atom stereocenters. The first-order chi connectivity index (χ1) is 15.5. The number of rotatable bonds is 6. The number of benzene rings is 2. The van der Waals surface area contributed by atoms with E-state index in [1.54, 1.807) is 18.5 Å². The van der Waals surface area contributed by atoms with E-state index in [2.05, 4.69) is 96.8 Å². The van der Waals surface area contributed by atoms with Gasteiger partial charge in [0.15, 0.2) is 11.6 Å². The maximum absolute atomic E-state index is 5.83. The van der Waals surface area contributed by atoms with Crippen LogP contribution in [0, 0.1) is 0 Å². The summed E-state index contributed by atoms with van der Waals surface area (Å²) >= 11 is 0. The lowest BCUT2D eigenvalue weighted by atomic mass is 9.87. The van der Waals surface area contributed by atoms with E-state index in [9.17, 15) is 0 Å². The predicted octanol–water partition coefficient (Wildman–Crippen LogP) is 5.55. The number of anilines is 3. The van der Waals surface area contributed by atoms with Gasteiger partial charge in [-0.2, -0.15) is 20.2 Å². The van der Waals surface area contributed by atoms with E-state index < -0.39 is 0 Å². The van der Waals surface area contributed by atoms with Gasteiger partial charge >= 0.3 is 0 Å². The van der Waals surface area contributed by atoms with Crippen molar-refractivity contribution in [1.29, 1.82) is 0 Å². The number of aromatic nitrogens is 2. The molecule has 2 aromatic carbocycles. The second-order valence-electron chi connectivity index (χ2n) is 9.98. The van der Waals surface area contributed by atoms with Gasteiger partial charge in [0.25, 0.3) is 0 Å². The molecule has 0 saturated carbocycles. The molecule has 33 heavy (non-hydrogen) atoms. The van der Waals surface area contributed by atoms with Crippen molar-refractivity contribution in [3.8, 4) is 0 Å². The van der Waals surface area contributed by atoms with Crippen LogP contribution in [-0.2, 0) is 10.8 Å². The number of nitrogen functional groups attached to an aromatic ring is 1. The first-order valence-corrected chi connectivity index (χ1v) is 10.9. The second kappa shape index (κ2) is 9.81. The summed E-state index contributed by atoms with van der Waals surface area (Å²) in [5, 5.41) is 8.51. The van der Waals surface area contributed by atoms with E-state index in [1.165, 1.54) is 11.1 Å². The Kier molecular flexibility index (Phi) is 7.11. The molecule has 0 saturated heterocycles. The molecule has 0 fully saturated rings. The Morgan fingerprint density at radius 3 is 1.36 bits per heavy atom. The van der Waals surface area contributed by atoms with Crippen LogP contribution in [0.15, 0.2) is 64.8 Å². The van der Waals surface area contributed by atoms with E-state index >= 15 is 0 Å². The van der Waals surface area contributed by atoms with E-state index in [0.717, 1.165) is 11.1 Å². The first kappa shape index (κ1) is 23.9. The molecule has 0 spiro atoms. The number of hydrazone groups is 2. The number of nitrogens with two attached hydrogens (primary N) is 1. The van der Waals surface area contributed by atoms with Crippen molar-refractivity contribution in [3.63, 3.8) is 0 Å². The van der Waals surface area contributed by atoms with E-state index in [0.29, 0.717) is 11.6 Å². The molecule has 0 amide bonds. The highest BCUT2D eigenvalue weighted by Crippen LogP contribution is 2.22. The summed E-state index contributed by atoms with van der Waals surface area (Å²) in [6, 6.07) is 18.3. The van der Waals surface area contributed by atoms with Crippen LogP contribution in [0.4, 0.5) is 17.6 Å². The molecule has 7 heteroatoms. The normalized spacial score (nSPS) is 12.4. The van der Waals surface area contributed by atoms with Crippen molar-refractivity contribution in [3.05, 3.63) is 76.9 Å². The fraction of sp³-hybridized carbons (Fsp3) is 0.308. The van der Waals surface area contributed by atoms with Crippen molar-refractivity contribution in [2.24, 2.45) is 10.2 Å².